The van der Waals surface area contributed by atoms with E-state index in [1.54, 1.807) is 0 Å². The SMILES string of the molecule is CC[C@H](Br)C(=O)Cl. The first-order valence-electron chi connectivity index (χ1n) is 2.02. The van der Waals surface area contributed by atoms with Crippen LogP contribution in [0.5, 0.6) is 0 Å². The zero-order valence-electron chi connectivity index (χ0n) is 3.95. The number of alkyl halides is 1. The van der Waals surface area contributed by atoms with Gasteiger partial charge in [0.05, 0.1) is 4.83 Å². The summed E-state index contributed by atoms with van der Waals surface area (Å²) >= 11 is 8.10. The lowest BCUT2D eigenvalue weighted by Gasteiger charge is -1.93. The largest absolute Gasteiger partial charge is 0.280 e. The summed E-state index contributed by atoms with van der Waals surface area (Å²) in [5, 5.41) is -0.317. The molecular weight excluding hydrogens is 179 g/mol. The van der Waals surface area contributed by atoms with Crippen LogP contribution in [0.1, 0.15) is 13.3 Å². The maximum atomic E-state index is 10.1. The van der Waals surface area contributed by atoms with Gasteiger partial charge in [-0.1, -0.05) is 22.9 Å². The van der Waals surface area contributed by atoms with Crippen LogP contribution in [0.4, 0.5) is 0 Å². The van der Waals surface area contributed by atoms with E-state index in [0.29, 0.717) is 0 Å². The Bertz CT molecular complexity index is 74.1. The molecule has 0 aromatic carbocycles. The van der Waals surface area contributed by atoms with E-state index in [1.807, 2.05) is 6.92 Å². The van der Waals surface area contributed by atoms with Crippen LogP contribution in [0.15, 0.2) is 0 Å². The molecule has 0 saturated heterocycles. The molecule has 1 atom stereocenters. The van der Waals surface area contributed by atoms with Crippen molar-refractivity contribution in [1.82, 2.24) is 0 Å². The third-order valence-corrected chi connectivity index (χ3v) is 2.20. The van der Waals surface area contributed by atoms with Gasteiger partial charge in [0.1, 0.15) is 0 Å². The molecule has 0 rings (SSSR count). The summed E-state index contributed by atoms with van der Waals surface area (Å²) in [5.74, 6) is 0. The molecular formula is C4H6BrClO. The number of carbonyl (C=O) groups excluding carboxylic acids is 1. The average molecular weight is 185 g/mol. The Morgan fingerprint density at radius 3 is 2.43 bits per heavy atom. The van der Waals surface area contributed by atoms with Crippen molar-refractivity contribution < 1.29 is 4.79 Å². The Balaban J connectivity index is 3.34. The van der Waals surface area contributed by atoms with Crippen molar-refractivity contribution >= 4 is 32.8 Å². The Kier molecular flexibility index (Phi) is 3.66. The highest BCUT2D eigenvalue weighted by Gasteiger charge is 2.06. The van der Waals surface area contributed by atoms with Crippen molar-refractivity contribution in [3.8, 4) is 0 Å². The Morgan fingerprint density at radius 1 is 2.00 bits per heavy atom. The average Bonchev–Trinajstić information content (AvgIpc) is 1.65. The molecule has 3 heteroatoms. The van der Waals surface area contributed by atoms with E-state index in [2.05, 4.69) is 15.9 Å². The summed E-state index contributed by atoms with van der Waals surface area (Å²) in [7, 11) is 0. The van der Waals surface area contributed by atoms with E-state index >= 15 is 0 Å². The van der Waals surface area contributed by atoms with Crippen LogP contribution in [0.25, 0.3) is 0 Å². The second-order valence-electron chi connectivity index (χ2n) is 1.18. The van der Waals surface area contributed by atoms with Crippen LogP contribution in [0, 0.1) is 0 Å². The Morgan fingerprint density at radius 2 is 2.43 bits per heavy atom. The summed E-state index contributed by atoms with van der Waals surface area (Å²) in [6.45, 7) is 1.89. The van der Waals surface area contributed by atoms with Gasteiger partial charge in [0.2, 0.25) is 5.24 Å². The fourth-order valence-electron chi connectivity index (χ4n) is 0.160. The smallest absolute Gasteiger partial charge is 0.235 e. The molecule has 0 saturated carbocycles. The molecule has 0 aromatic rings. The Hall–Kier alpha value is 0.440. The van der Waals surface area contributed by atoms with E-state index in [9.17, 15) is 4.79 Å². The van der Waals surface area contributed by atoms with Gasteiger partial charge in [0.15, 0.2) is 0 Å². The summed E-state index contributed by atoms with van der Waals surface area (Å²) in [6.07, 6.45) is 0.752. The quantitative estimate of drug-likeness (QED) is 0.475. The zero-order chi connectivity index (χ0) is 5.86. The third kappa shape index (κ3) is 3.06. The number of hydrogen-bond acceptors (Lipinski definition) is 1. The molecule has 1 nitrogen and oxygen atoms in total. The molecule has 0 fully saturated rings. The second kappa shape index (κ2) is 3.44. The molecule has 0 spiro atoms. The number of rotatable bonds is 2. The van der Waals surface area contributed by atoms with Crippen LogP contribution in [-0.2, 0) is 4.79 Å². The number of carbonyl (C=O) groups is 1. The third-order valence-electron chi connectivity index (χ3n) is 0.605. The van der Waals surface area contributed by atoms with Crippen molar-refractivity contribution in [2.45, 2.75) is 18.2 Å². The molecule has 0 N–H and O–H groups in total. The lowest BCUT2D eigenvalue weighted by molar-refractivity contribution is -0.111. The fourth-order valence-corrected chi connectivity index (χ4v) is 0.315. The van der Waals surface area contributed by atoms with Crippen molar-refractivity contribution in [3.63, 3.8) is 0 Å². The molecule has 0 unspecified atom stereocenters. The molecule has 0 aliphatic rings. The van der Waals surface area contributed by atoms with Crippen molar-refractivity contribution in [1.29, 1.82) is 0 Å². The van der Waals surface area contributed by atoms with Gasteiger partial charge in [-0.25, -0.2) is 0 Å². The van der Waals surface area contributed by atoms with E-state index in [4.69, 9.17) is 11.6 Å². The number of hydrogen-bond donors (Lipinski definition) is 0. The molecule has 7 heavy (non-hydrogen) atoms. The summed E-state index contributed by atoms with van der Waals surface area (Å²) < 4.78 is 0. The summed E-state index contributed by atoms with van der Waals surface area (Å²) in [6, 6.07) is 0. The van der Waals surface area contributed by atoms with Gasteiger partial charge < -0.3 is 0 Å². The van der Waals surface area contributed by atoms with Gasteiger partial charge in [-0.3, -0.25) is 4.79 Å². The highest BCUT2D eigenvalue weighted by Crippen LogP contribution is 2.06. The molecule has 0 aliphatic carbocycles. The van der Waals surface area contributed by atoms with Gasteiger partial charge in [-0.15, -0.1) is 0 Å². The lowest BCUT2D eigenvalue weighted by Crippen LogP contribution is -2.03. The topological polar surface area (TPSA) is 17.1 Å². The van der Waals surface area contributed by atoms with E-state index in [0.717, 1.165) is 6.42 Å². The minimum atomic E-state index is -0.317. The number of halogens is 2. The molecule has 0 heterocycles. The van der Waals surface area contributed by atoms with Crippen LogP contribution in [0.2, 0.25) is 0 Å². The van der Waals surface area contributed by atoms with Gasteiger partial charge in [0, 0.05) is 0 Å². The van der Waals surface area contributed by atoms with Gasteiger partial charge in [0.25, 0.3) is 0 Å². The summed E-state index contributed by atoms with van der Waals surface area (Å²) in [4.78, 5) is 9.94. The van der Waals surface area contributed by atoms with E-state index in [1.165, 1.54) is 0 Å². The van der Waals surface area contributed by atoms with E-state index in [-0.39, 0.29) is 10.1 Å². The summed E-state index contributed by atoms with van der Waals surface area (Å²) in [5.41, 5.74) is 0. The predicted octanol–water partition coefficient (Wildman–Crippen LogP) is 1.93. The minimum Gasteiger partial charge on any atom is -0.280 e. The first kappa shape index (κ1) is 7.44. The fraction of sp³-hybridized carbons (Fsp3) is 0.750. The molecule has 0 aliphatic heterocycles. The molecule has 0 bridgehead atoms. The maximum Gasteiger partial charge on any atom is 0.235 e. The Labute approximate surface area is 56.2 Å². The molecule has 42 valence electrons. The van der Waals surface area contributed by atoms with Gasteiger partial charge >= 0.3 is 0 Å². The molecule has 0 radical (unpaired) electrons. The molecule has 0 aromatic heterocycles. The zero-order valence-corrected chi connectivity index (χ0v) is 6.29. The normalized spacial score (nSPS) is 13.6. The standard InChI is InChI=1S/C4H6BrClO/c1-2-3(5)4(6)7/h3H,2H2,1H3/t3-/m0/s1. The van der Waals surface area contributed by atoms with E-state index < -0.39 is 0 Å². The monoisotopic (exact) mass is 184 g/mol. The van der Waals surface area contributed by atoms with Crippen LogP contribution in [-0.4, -0.2) is 10.1 Å². The van der Waals surface area contributed by atoms with Gasteiger partial charge in [-0.05, 0) is 18.0 Å². The highest BCUT2D eigenvalue weighted by molar-refractivity contribution is 9.10. The highest BCUT2D eigenvalue weighted by atomic mass is 79.9. The van der Waals surface area contributed by atoms with Crippen LogP contribution >= 0.6 is 27.5 Å². The predicted molar refractivity (Wildman–Crippen MR) is 33.9 cm³/mol. The van der Waals surface area contributed by atoms with Crippen LogP contribution < -0.4 is 0 Å². The molecule has 0 amide bonds. The van der Waals surface area contributed by atoms with Crippen molar-refractivity contribution in [3.05, 3.63) is 0 Å². The van der Waals surface area contributed by atoms with Crippen LogP contribution in [0.3, 0.4) is 0 Å². The first-order valence-corrected chi connectivity index (χ1v) is 3.31. The van der Waals surface area contributed by atoms with Crippen molar-refractivity contribution in [2.75, 3.05) is 0 Å². The minimum absolute atomic E-state index is 0.158. The second-order valence-corrected chi connectivity index (χ2v) is 2.66. The maximum absolute atomic E-state index is 10.1. The first-order chi connectivity index (χ1) is 3.18. The van der Waals surface area contributed by atoms with Gasteiger partial charge in [-0.2, -0.15) is 0 Å². The van der Waals surface area contributed by atoms with Crippen molar-refractivity contribution in [2.24, 2.45) is 0 Å². The lowest BCUT2D eigenvalue weighted by atomic mass is 10.4.